The van der Waals surface area contributed by atoms with Gasteiger partial charge in [0.25, 0.3) is 0 Å². The van der Waals surface area contributed by atoms with Crippen molar-refractivity contribution >= 4 is 17.7 Å². The molecule has 1 aliphatic heterocycles. The van der Waals surface area contributed by atoms with E-state index in [0.717, 1.165) is 0 Å². The number of benzene rings is 1. The van der Waals surface area contributed by atoms with Crippen LogP contribution in [0.2, 0.25) is 5.02 Å². The first-order valence-corrected chi connectivity index (χ1v) is 4.94. The molecule has 16 heavy (non-hydrogen) atoms. The Hall–Kier alpha value is -1.62. The van der Waals surface area contributed by atoms with Crippen molar-refractivity contribution in [3.05, 3.63) is 17.2 Å². The third-order valence-electron chi connectivity index (χ3n) is 1.99. The molecule has 1 aromatic rings. The summed E-state index contributed by atoms with van der Waals surface area (Å²) in [6.07, 6.45) is -0.499. The van der Waals surface area contributed by atoms with Gasteiger partial charge in [0.1, 0.15) is 0 Å². The molecule has 1 aromatic carbocycles. The fourth-order valence-electron chi connectivity index (χ4n) is 1.16. The van der Waals surface area contributed by atoms with Crippen molar-refractivity contribution in [2.75, 3.05) is 20.9 Å². The standard InChI is InChI=1S/C10H10ClNO4/c1-12(2)10(13)16-7-4-9-8(3-6(7)11)14-5-15-9/h3-4H,5H2,1-2H3. The molecule has 5 nitrogen and oxygen atoms in total. The molecule has 1 heterocycles. The Labute approximate surface area is 97.5 Å². The topological polar surface area (TPSA) is 48.0 Å². The van der Waals surface area contributed by atoms with Crippen molar-refractivity contribution in [1.29, 1.82) is 0 Å². The highest BCUT2D eigenvalue weighted by molar-refractivity contribution is 6.32. The lowest BCUT2D eigenvalue weighted by Crippen LogP contribution is -2.25. The lowest BCUT2D eigenvalue weighted by atomic mass is 10.3. The van der Waals surface area contributed by atoms with Crippen LogP contribution in [0.15, 0.2) is 12.1 Å². The summed E-state index contributed by atoms with van der Waals surface area (Å²) in [5.41, 5.74) is 0. The van der Waals surface area contributed by atoms with Gasteiger partial charge in [-0.3, -0.25) is 0 Å². The van der Waals surface area contributed by atoms with Gasteiger partial charge in [-0.15, -0.1) is 0 Å². The van der Waals surface area contributed by atoms with E-state index >= 15 is 0 Å². The molecule has 0 bridgehead atoms. The van der Waals surface area contributed by atoms with Crippen LogP contribution < -0.4 is 14.2 Å². The van der Waals surface area contributed by atoms with Gasteiger partial charge < -0.3 is 19.1 Å². The summed E-state index contributed by atoms with van der Waals surface area (Å²) < 4.78 is 15.3. The SMILES string of the molecule is CN(C)C(=O)Oc1cc2c(cc1Cl)OCO2. The van der Waals surface area contributed by atoms with Gasteiger partial charge in [-0.1, -0.05) is 11.6 Å². The van der Waals surface area contributed by atoms with Gasteiger partial charge in [-0.05, 0) is 0 Å². The van der Waals surface area contributed by atoms with E-state index in [0.29, 0.717) is 16.5 Å². The summed E-state index contributed by atoms with van der Waals surface area (Å²) in [7, 11) is 3.17. The number of rotatable bonds is 1. The Morgan fingerprint density at radius 2 is 2.00 bits per heavy atom. The minimum Gasteiger partial charge on any atom is -0.454 e. The highest BCUT2D eigenvalue weighted by Gasteiger charge is 2.19. The molecule has 0 aromatic heterocycles. The van der Waals surface area contributed by atoms with E-state index in [-0.39, 0.29) is 12.5 Å². The molecule has 0 spiro atoms. The van der Waals surface area contributed by atoms with Crippen LogP contribution in [-0.4, -0.2) is 31.9 Å². The van der Waals surface area contributed by atoms with Crippen molar-refractivity contribution < 1.29 is 19.0 Å². The zero-order chi connectivity index (χ0) is 11.7. The number of hydrogen-bond acceptors (Lipinski definition) is 4. The van der Waals surface area contributed by atoms with Crippen LogP contribution in [-0.2, 0) is 0 Å². The first kappa shape index (κ1) is 10.9. The Bertz CT molecular complexity index is 433. The molecule has 1 aliphatic rings. The van der Waals surface area contributed by atoms with E-state index in [2.05, 4.69) is 0 Å². The molecule has 6 heteroatoms. The van der Waals surface area contributed by atoms with Crippen molar-refractivity contribution in [1.82, 2.24) is 4.90 Å². The van der Waals surface area contributed by atoms with Crippen LogP contribution in [0.1, 0.15) is 0 Å². The summed E-state index contributed by atoms with van der Waals surface area (Å²) >= 11 is 5.93. The molecule has 0 N–H and O–H groups in total. The first-order chi connectivity index (χ1) is 7.58. The van der Waals surface area contributed by atoms with E-state index in [1.807, 2.05) is 0 Å². The zero-order valence-electron chi connectivity index (χ0n) is 8.82. The summed E-state index contributed by atoms with van der Waals surface area (Å²) in [5.74, 6) is 1.32. The maximum absolute atomic E-state index is 11.3. The number of carbonyl (C=O) groups is 1. The van der Waals surface area contributed by atoms with E-state index < -0.39 is 6.09 Å². The summed E-state index contributed by atoms with van der Waals surface area (Å²) in [5, 5.41) is 0.305. The number of amides is 1. The van der Waals surface area contributed by atoms with Gasteiger partial charge in [0.05, 0.1) is 5.02 Å². The van der Waals surface area contributed by atoms with E-state index in [9.17, 15) is 4.79 Å². The van der Waals surface area contributed by atoms with E-state index in [4.69, 9.17) is 25.8 Å². The number of halogens is 1. The Kier molecular flexibility index (Phi) is 2.78. The van der Waals surface area contributed by atoms with Crippen molar-refractivity contribution in [2.24, 2.45) is 0 Å². The minimum absolute atomic E-state index is 0.150. The first-order valence-electron chi connectivity index (χ1n) is 4.56. The van der Waals surface area contributed by atoms with Gasteiger partial charge in [-0.2, -0.15) is 0 Å². The third kappa shape index (κ3) is 1.99. The van der Waals surface area contributed by atoms with E-state index in [1.54, 1.807) is 20.2 Å². The van der Waals surface area contributed by atoms with Gasteiger partial charge in [0.2, 0.25) is 6.79 Å². The molecule has 0 saturated heterocycles. The normalized spacial score (nSPS) is 12.4. The van der Waals surface area contributed by atoms with Crippen LogP contribution in [0.3, 0.4) is 0 Å². The molecule has 86 valence electrons. The fraction of sp³-hybridized carbons (Fsp3) is 0.300. The highest BCUT2D eigenvalue weighted by atomic mass is 35.5. The van der Waals surface area contributed by atoms with Gasteiger partial charge >= 0.3 is 6.09 Å². The van der Waals surface area contributed by atoms with Crippen LogP contribution in [0.4, 0.5) is 4.79 Å². The number of hydrogen-bond donors (Lipinski definition) is 0. The predicted octanol–water partition coefficient (Wildman–Crippen LogP) is 2.13. The Balaban J connectivity index is 2.25. The van der Waals surface area contributed by atoms with Crippen LogP contribution in [0.25, 0.3) is 0 Å². The summed E-state index contributed by atoms with van der Waals surface area (Å²) in [6, 6.07) is 3.09. The molecular formula is C10H10ClNO4. The lowest BCUT2D eigenvalue weighted by Gasteiger charge is -2.11. The Morgan fingerprint density at radius 1 is 1.38 bits per heavy atom. The maximum Gasteiger partial charge on any atom is 0.414 e. The highest BCUT2D eigenvalue weighted by Crippen LogP contribution is 2.40. The monoisotopic (exact) mass is 243 g/mol. The zero-order valence-corrected chi connectivity index (χ0v) is 9.58. The van der Waals surface area contributed by atoms with Crippen LogP contribution in [0.5, 0.6) is 17.2 Å². The van der Waals surface area contributed by atoms with Gasteiger partial charge in [-0.25, -0.2) is 4.79 Å². The second kappa shape index (κ2) is 4.09. The maximum atomic E-state index is 11.3. The summed E-state index contributed by atoms with van der Waals surface area (Å²) in [6.45, 7) is 0.150. The molecule has 2 rings (SSSR count). The fourth-order valence-corrected chi connectivity index (χ4v) is 1.35. The predicted molar refractivity (Wildman–Crippen MR) is 57.3 cm³/mol. The summed E-state index contributed by atoms with van der Waals surface area (Å²) in [4.78, 5) is 12.6. The number of nitrogens with zero attached hydrogens (tertiary/aromatic N) is 1. The minimum atomic E-state index is -0.499. The molecule has 0 unspecified atom stereocenters. The number of fused-ring (bicyclic) bond motifs is 1. The molecule has 0 aliphatic carbocycles. The molecule has 0 fully saturated rings. The smallest absolute Gasteiger partial charge is 0.414 e. The molecule has 0 atom stereocenters. The van der Waals surface area contributed by atoms with Crippen LogP contribution in [0, 0.1) is 0 Å². The number of carbonyl (C=O) groups excluding carboxylic acids is 1. The average molecular weight is 244 g/mol. The van der Waals surface area contributed by atoms with Gasteiger partial charge in [0, 0.05) is 26.2 Å². The second-order valence-corrected chi connectivity index (χ2v) is 3.81. The quantitative estimate of drug-likeness (QED) is 0.758. The third-order valence-corrected chi connectivity index (χ3v) is 2.28. The van der Waals surface area contributed by atoms with E-state index in [1.165, 1.54) is 11.0 Å². The Morgan fingerprint density at radius 3 is 2.62 bits per heavy atom. The largest absolute Gasteiger partial charge is 0.454 e. The molecular weight excluding hydrogens is 234 g/mol. The number of ether oxygens (including phenoxy) is 3. The van der Waals surface area contributed by atoms with Crippen molar-refractivity contribution in [2.45, 2.75) is 0 Å². The van der Waals surface area contributed by atoms with Crippen molar-refractivity contribution in [3.8, 4) is 17.2 Å². The van der Waals surface area contributed by atoms with Crippen molar-refractivity contribution in [3.63, 3.8) is 0 Å². The average Bonchev–Trinajstić information content (AvgIpc) is 2.65. The second-order valence-electron chi connectivity index (χ2n) is 3.40. The molecule has 0 saturated carbocycles. The lowest BCUT2D eigenvalue weighted by molar-refractivity contribution is 0.170. The molecule has 0 radical (unpaired) electrons. The van der Waals surface area contributed by atoms with Crippen LogP contribution >= 0.6 is 11.6 Å². The molecule has 1 amide bonds. The van der Waals surface area contributed by atoms with Gasteiger partial charge in [0.15, 0.2) is 17.2 Å².